The summed E-state index contributed by atoms with van der Waals surface area (Å²) in [6.07, 6.45) is -1.28. The quantitative estimate of drug-likeness (QED) is 0.119. The second kappa shape index (κ2) is 17.5. The first-order valence-corrected chi connectivity index (χ1v) is 15.9. The lowest BCUT2D eigenvalue weighted by molar-refractivity contribution is 0.147. The number of methoxy groups -OCH3 is 1. The Kier molecular flexibility index (Phi) is 14.1. The SMILES string of the molecule is CC.CCC(C)Oc1nc(-c2cc(N)c(F)c(F)c2CC(F)F)c(F)c2nc(OC)nc(NCCNC)c12.FC1CC2CCCN2C1. The van der Waals surface area contributed by atoms with Gasteiger partial charge in [0, 0.05) is 43.2 Å². The summed E-state index contributed by atoms with van der Waals surface area (Å²) in [6, 6.07) is 1.28. The molecule has 47 heavy (non-hydrogen) atoms. The summed E-state index contributed by atoms with van der Waals surface area (Å²) in [4.78, 5) is 14.8. The van der Waals surface area contributed by atoms with Crippen LogP contribution in [0, 0.1) is 17.5 Å². The van der Waals surface area contributed by atoms with Gasteiger partial charge in [-0.3, -0.25) is 4.90 Å². The van der Waals surface area contributed by atoms with Crippen molar-refractivity contribution >= 4 is 22.4 Å². The number of nitrogens with two attached hydrogens (primary N) is 1. The van der Waals surface area contributed by atoms with Crippen LogP contribution in [0.1, 0.15) is 58.9 Å². The number of hydrogen-bond donors (Lipinski definition) is 3. The van der Waals surface area contributed by atoms with Crippen molar-refractivity contribution in [3.63, 3.8) is 0 Å². The van der Waals surface area contributed by atoms with E-state index in [1.165, 1.54) is 20.0 Å². The molecule has 2 aromatic heterocycles. The maximum atomic E-state index is 16.0. The Labute approximate surface area is 271 Å². The van der Waals surface area contributed by atoms with Gasteiger partial charge in [0.2, 0.25) is 12.3 Å². The standard InChI is InChI=1S/C23H27F5N6O2.C7H12FN.C2H6/c1-5-10(2)36-22-15-20(33-23(35-4)34-21(15)31-7-6-30-3)18(28)19(32-22)12-8-13(29)17(27)16(26)11(12)9-14(24)25;8-6-4-7-2-1-3-9(7)5-6;1-2/h8,10,14,30H,5-7,9,29H2,1-4H3,(H,31,33,34);6-7H,1-5H2;1-2H3. The van der Waals surface area contributed by atoms with Gasteiger partial charge in [-0.2, -0.15) is 9.97 Å². The van der Waals surface area contributed by atoms with Gasteiger partial charge in [0.05, 0.1) is 18.9 Å². The summed E-state index contributed by atoms with van der Waals surface area (Å²) in [5.41, 5.74) is 2.75. The summed E-state index contributed by atoms with van der Waals surface area (Å²) in [6.45, 7) is 10.4. The molecule has 0 amide bonds. The van der Waals surface area contributed by atoms with Crippen molar-refractivity contribution in [2.24, 2.45) is 0 Å². The van der Waals surface area contributed by atoms with Crippen LogP contribution in [-0.4, -0.2) is 84.9 Å². The molecular formula is C32H45F6N7O2. The van der Waals surface area contributed by atoms with Crippen LogP contribution in [0.25, 0.3) is 22.2 Å². The summed E-state index contributed by atoms with van der Waals surface area (Å²) >= 11 is 0. The molecule has 1 aromatic carbocycles. The van der Waals surface area contributed by atoms with Gasteiger partial charge in [0.25, 0.3) is 0 Å². The average molecular weight is 674 g/mol. The number of nitrogens with one attached hydrogen (secondary N) is 2. The minimum Gasteiger partial charge on any atom is -0.474 e. The third-order valence-corrected chi connectivity index (χ3v) is 7.88. The number of anilines is 2. The van der Waals surface area contributed by atoms with E-state index in [-0.39, 0.29) is 28.6 Å². The minimum atomic E-state index is -3.05. The van der Waals surface area contributed by atoms with Crippen LogP contribution >= 0.6 is 0 Å². The first-order chi connectivity index (χ1) is 22.5. The van der Waals surface area contributed by atoms with E-state index in [9.17, 15) is 22.0 Å². The van der Waals surface area contributed by atoms with Crippen LogP contribution in [0.5, 0.6) is 11.9 Å². The van der Waals surface area contributed by atoms with Gasteiger partial charge in [-0.25, -0.2) is 31.3 Å². The smallest absolute Gasteiger partial charge is 0.318 e. The number of fused-ring (bicyclic) bond motifs is 2. The van der Waals surface area contributed by atoms with E-state index >= 15 is 4.39 Å². The number of alkyl halides is 3. The maximum Gasteiger partial charge on any atom is 0.318 e. The van der Waals surface area contributed by atoms with Gasteiger partial charge < -0.3 is 25.8 Å². The molecule has 9 nitrogen and oxygen atoms in total. The minimum absolute atomic E-state index is 0.0689. The van der Waals surface area contributed by atoms with Crippen LogP contribution in [0.15, 0.2) is 6.07 Å². The Bertz CT molecular complexity index is 1470. The number of pyridine rings is 1. The molecule has 0 saturated carbocycles. The molecule has 3 atom stereocenters. The molecule has 0 bridgehead atoms. The van der Waals surface area contributed by atoms with Gasteiger partial charge in [-0.05, 0) is 52.3 Å². The van der Waals surface area contributed by atoms with E-state index in [1.807, 2.05) is 20.8 Å². The Hall–Kier alpha value is -3.59. The Morgan fingerprint density at radius 1 is 1.09 bits per heavy atom. The van der Waals surface area contributed by atoms with Crippen molar-refractivity contribution in [2.75, 3.05) is 51.4 Å². The van der Waals surface area contributed by atoms with Gasteiger partial charge in [-0.1, -0.05) is 20.8 Å². The molecule has 3 aromatic rings. The van der Waals surface area contributed by atoms with Crippen LogP contribution < -0.4 is 25.8 Å². The van der Waals surface area contributed by atoms with Crippen LogP contribution in [0.3, 0.4) is 0 Å². The highest BCUT2D eigenvalue weighted by Gasteiger charge is 2.35. The molecule has 3 unspecified atom stereocenters. The van der Waals surface area contributed by atoms with Gasteiger partial charge in [-0.15, -0.1) is 0 Å². The third kappa shape index (κ3) is 9.06. The molecule has 2 saturated heterocycles. The van der Waals surface area contributed by atoms with Crippen molar-refractivity contribution in [3.05, 3.63) is 29.1 Å². The van der Waals surface area contributed by atoms with E-state index in [4.69, 9.17) is 15.2 Å². The highest BCUT2D eigenvalue weighted by atomic mass is 19.3. The first kappa shape index (κ1) is 37.9. The average Bonchev–Trinajstić information content (AvgIpc) is 3.64. The first-order valence-electron chi connectivity index (χ1n) is 15.9. The number of benzene rings is 1. The fourth-order valence-electron chi connectivity index (χ4n) is 5.46. The number of ether oxygens (including phenoxy) is 2. The molecule has 0 radical (unpaired) electrons. The predicted molar refractivity (Wildman–Crippen MR) is 172 cm³/mol. The monoisotopic (exact) mass is 673 g/mol. The molecule has 4 heterocycles. The van der Waals surface area contributed by atoms with Crippen LogP contribution in [0.2, 0.25) is 0 Å². The molecule has 2 aliphatic rings. The fourth-order valence-corrected chi connectivity index (χ4v) is 5.46. The summed E-state index contributed by atoms with van der Waals surface area (Å²) < 4.78 is 95.0. The topological polar surface area (TPSA) is 110 Å². The predicted octanol–water partition coefficient (Wildman–Crippen LogP) is 6.53. The number of hydrogen-bond acceptors (Lipinski definition) is 9. The summed E-state index contributed by atoms with van der Waals surface area (Å²) in [5.74, 6) is -4.19. The summed E-state index contributed by atoms with van der Waals surface area (Å²) in [7, 11) is 3.03. The molecule has 4 N–H and O–H groups in total. The maximum absolute atomic E-state index is 16.0. The molecule has 2 aliphatic heterocycles. The zero-order chi connectivity index (χ0) is 34.8. The van der Waals surface area contributed by atoms with Crippen molar-refractivity contribution in [2.45, 2.75) is 84.5 Å². The van der Waals surface area contributed by atoms with Crippen molar-refractivity contribution in [3.8, 4) is 23.1 Å². The van der Waals surface area contributed by atoms with Gasteiger partial charge in [0.15, 0.2) is 17.5 Å². The molecule has 2 fully saturated rings. The fraction of sp³-hybridized carbons (Fsp3) is 0.594. The van der Waals surface area contributed by atoms with E-state index < -0.39 is 65.1 Å². The van der Waals surface area contributed by atoms with E-state index in [1.54, 1.807) is 14.0 Å². The number of nitrogen functional groups attached to an aromatic ring is 1. The van der Waals surface area contributed by atoms with Crippen molar-refractivity contribution in [1.82, 2.24) is 25.2 Å². The number of likely N-dealkylation sites (N-methyl/N-ethyl adjacent to an activating group) is 1. The molecule has 5 rings (SSSR count). The number of halogens is 6. The zero-order valence-corrected chi connectivity index (χ0v) is 27.7. The number of rotatable bonds is 11. The lowest BCUT2D eigenvalue weighted by atomic mass is 9.98. The largest absolute Gasteiger partial charge is 0.474 e. The Balaban J connectivity index is 0.000000458. The number of aromatic nitrogens is 3. The second-order valence-electron chi connectivity index (χ2n) is 11.1. The van der Waals surface area contributed by atoms with Crippen LogP contribution in [0.4, 0.5) is 37.8 Å². The van der Waals surface area contributed by atoms with E-state index in [0.717, 1.165) is 19.0 Å². The van der Waals surface area contributed by atoms with E-state index in [2.05, 4.69) is 30.5 Å². The lowest BCUT2D eigenvalue weighted by Crippen LogP contribution is -2.22. The highest BCUT2D eigenvalue weighted by molar-refractivity contribution is 5.96. The second-order valence-corrected chi connectivity index (χ2v) is 11.1. The van der Waals surface area contributed by atoms with Gasteiger partial charge >= 0.3 is 6.01 Å². The zero-order valence-electron chi connectivity index (χ0n) is 27.7. The highest BCUT2D eigenvalue weighted by Crippen LogP contribution is 2.40. The molecular weight excluding hydrogens is 628 g/mol. The normalized spacial score (nSPS) is 17.9. The molecule has 262 valence electrons. The molecule has 15 heteroatoms. The Morgan fingerprint density at radius 3 is 2.43 bits per heavy atom. The lowest BCUT2D eigenvalue weighted by Gasteiger charge is -2.19. The summed E-state index contributed by atoms with van der Waals surface area (Å²) in [5, 5.41) is 6.06. The van der Waals surface area contributed by atoms with Crippen molar-refractivity contribution < 1.29 is 35.8 Å². The van der Waals surface area contributed by atoms with E-state index in [0.29, 0.717) is 32.1 Å². The third-order valence-electron chi connectivity index (χ3n) is 7.88. The molecule has 0 spiro atoms. The molecule has 0 aliphatic carbocycles. The van der Waals surface area contributed by atoms with Crippen molar-refractivity contribution in [1.29, 1.82) is 0 Å². The van der Waals surface area contributed by atoms with Gasteiger partial charge in [0.1, 0.15) is 28.6 Å². The van der Waals surface area contributed by atoms with Crippen LogP contribution in [-0.2, 0) is 6.42 Å². The Morgan fingerprint density at radius 2 is 1.81 bits per heavy atom. The number of nitrogens with zero attached hydrogens (tertiary/aromatic N) is 4.